The Kier molecular flexibility index (Phi) is 4.20. The number of nitrogens with two attached hydrogens (primary N) is 1. The van der Waals surface area contributed by atoms with Crippen molar-refractivity contribution in [1.29, 1.82) is 0 Å². The molecule has 1 nitrogen and oxygen atoms in total. The van der Waals surface area contributed by atoms with Crippen LogP contribution in [-0.4, -0.2) is 10.8 Å². The molecule has 0 amide bonds. The molecular formula is C13H19F2NS. The van der Waals surface area contributed by atoms with Crippen LogP contribution in [0.15, 0.2) is 29.2 Å². The largest absolute Gasteiger partial charge is 0.320 e. The molecule has 4 heteroatoms. The van der Waals surface area contributed by atoms with Gasteiger partial charge in [0, 0.05) is 15.7 Å². The summed E-state index contributed by atoms with van der Waals surface area (Å²) >= 11 is 1.65. The van der Waals surface area contributed by atoms with Crippen molar-refractivity contribution in [2.45, 2.75) is 49.3 Å². The van der Waals surface area contributed by atoms with Crippen molar-refractivity contribution in [3.63, 3.8) is 0 Å². The first-order valence-electron chi connectivity index (χ1n) is 5.58. The maximum absolute atomic E-state index is 13.9. The van der Waals surface area contributed by atoms with Gasteiger partial charge in [0.1, 0.15) is 0 Å². The van der Waals surface area contributed by atoms with Crippen LogP contribution in [-0.2, 0) is 5.92 Å². The lowest BCUT2D eigenvalue weighted by Crippen LogP contribution is -2.48. The van der Waals surface area contributed by atoms with Crippen LogP contribution in [0.3, 0.4) is 0 Å². The third-order valence-corrected chi connectivity index (χ3v) is 3.41. The Balaban J connectivity index is 2.95. The van der Waals surface area contributed by atoms with Crippen LogP contribution in [0, 0.1) is 0 Å². The molecule has 0 bridgehead atoms. The number of thioether (sulfide) groups is 1. The molecule has 0 aliphatic carbocycles. The number of alkyl halides is 2. The Bertz CT molecular complexity index is 366. The average molecular weight is 259 g/mol. The molecule has 0 fully saturated rings. The van der Waals surface area contributed by atoms with Crippen molar-refractivity contribution in [3.8, 4) is 0 Å². The van der Waals surface area contributed by atoms with Gasteiger partial charge in [-0.25, -0.2) is 0 Å². The smallest absolute Gasteiger partial charge is 0.290 e. The van der Waals surface area contributed by atoms with E-state index in [0.717, 1.165) is 4.90 Å². The lowest BCUT2D eigenvalue weighted by Gasteiger charge is -2.30. The van der Waals surface area contributed by atoms with Gasteiger partial charge in [0.25, 0.3) is 5.92 Å². The first-order valence-corrected chi connectivity index (χ1v) is 6.46. The Morgan fingerprint density at radius 1 is 1.12 bits per heavy atom. The van der Waals surface area contributed by atoms with Gasteiger partial charge in [-0.15, -0.1) is 11.8 Å². The quantitative estimate of drug-likeness (QED) is 0.827. The summed E-state index contributed by atoms with van der Waals surface area (Å²) in [5.74, 6) is -3.02. The highest BCUT2D eigenvalue weighted by atomic mass is 32.2. The van der Waals surface area contributed by atoms with Crippen molar-refractivity contribution in [2.75, 3.05) is 0 Å². The molecule has 2 N–H and O–H groups in total. The fraction of sp³-hybridized carbons (Fsp3) is 0.538. The van der Waals surface area contributed by atoms with Gasteiger partial charge in [-0.1, -0.05) is 26.0 Å². The fourth-order valence-electron chi connectivity index (χ4n) is 1.39. The average Bonchev–Trinajstić information content (AvgIpc) is 2.15. The molecule has 0 aliphatic heterocycles. The molecule has 0 aliphatic rings. The predicted molar refractivity (Wildman–Crippen MR) is 69.6 cm³/mol. The van der Waals surface area contributed by atoms with Crippen LogP contribution in [0.1, 0.15) is 33.3 Å². The van der Waals surface area contributed by atoms with Gasteiger partial charge in [-0.2, -0.15) is 8.78 Å². The Hall–Kier alpha value is -0.610. The molecule has 1 aromatic rings. The zero-order valence-corrected chi connectivity index (χ0v) is 11.4. The van der Waals surface area contributed by atoms with E-state index in [9.17, 15) is 8.78 Å². The zero-order chi connectivity index (χ0) is 13.3. The molecule has 0 saturated carbocycles. The summed E-state index contributed by atoms with van der Waals surface area (Å²) in [5.41, 5.74) is 3.92. The third kappa shape index (κ3) is 3.42. The van der Waals surface area contributed by atoms with E-state index >= 15 is 0 Å². The third-order valence-electron chi connectivity index (χ3n) is 2.40. The maximum atomic E-state index is 13.9. The topological polar surface area (TPSA) is 26.0 Å². The van der Waals surface area contributed by atoms with Gasteiger partial charge < -0.3 is 5.73 Å². The lowest BCUT2D eigenvalue weighted by atomic mass is 9.91. The van der Waals surface area contributed by atoms with Gasteiger partial charge in [0.15, 0.2) is 0 Å². The minimum atomic E-state index is -3.02. The van der Waals surface area contributed by atoms with E-state index in [1.54, 1.807) is 23.9 Å². The van der Waals surface area contributed by atoms with Crippen LogP contribution in [0.5, 0.6) is 0 Å². The summed E-state index contributed by atoms with van der Waals surface area (Å²) in [5, 5.41) is 0.437. The highest BCUT2D eigenvalue weighted by Crippen LogP contribution is 2.37. The van der Waals surface area contributed by atoms with Crippen molar-refractivity contribution in [3.05, 3.63) is 29.8 Å². The number of halogens is 2. The minimum Gasteiger partial charge on any atom is -0.320 e. The number of hydrogen-bond acceptors (Lipinski definition) is 2. The van der Waals surface area contributed by atoms with E-state index in [-0.39, 0.29) is 5.56 Å². The molecule has 17 heavy (non-hydrogen) atoms. The van der Waals surface area contributed by atoms with Crippen LogP contribution < -0.4 is 5.73 Å². The Labute approximate surface area is 106 Å². The Morgan fingerprint density at radius 2 is 1.59 bits per heavy atom. The number of benzene rings is 1. The summed E-state index contributed by atoms with van der Waals surface area (Å²) in [6.07, 6.45) is 0. The second kappa shape index (κ2) is 4.94. The minimum absolute atomic E-state index is 0.0295. The molecule has 0 atom stereocenters. The fourth-order valence-corrected chi connectivity index (χ4v) is 2.22. The van der Waals surface area contributed by atoms with Crippen molar-refractivity contribution >= 4 is 11.8 Å². The predicted octanol–water partition coefficient (Wildman–Crippen LogP) is 4.02. The molecule has 0 spiro atoms. The summed E-state index contributed by atoms with van der Waals surface area (Å²) in [4.78, 5) is 0.995. The number of rotatable bonds is 4. The van der Waals surface area contributed by atoms with Crippen molar-refractivity contribution in [1.82, 2.24) is 0 Å². The normalized spacial score (nSPS) is 13.2. The second-order valence-corrected chi connectivity index (χ2v) is 6.64. The summed E-state index contributed by atoms with van der Waals surface area (Å²) in [7, 11) is 0. The molecule has 96 valence electrons. The number of hydrogen-bond donors (Lipinski definition) is 1. The van der Waals surface area contributed by atoms with Crippen LogP contribution in [0.2, 0.25) is 0 Å². The summed E-state index contributed by atoms with van der Waals surface area (Å²) in [6.45, 7) is 6.81. The molecule has 0 aromatic heterocycles. The van der Waals surface area contributed by atoms with Gasteiger partial charge in [0.2, 0.25) is 0 Å². The molecular weight excluding hydrogens is 240 g/mol. The van der Waals surface area contributed by atoms with Gasteiger partial charge in [-0.3, -0.25) is 0 Å². The highest BCUT2D eigenvalue weighted by molar-refractivity contribution is 7.99. The zero-order valence-electron chi connectivity index (χ0n) is 10.6. The van der Waals surface area contributed by atoms with E-state index in [1.807, 2.05) is 0 Å². The van der Waals surface area contributed by atoms with Gasteiger partial charge >= 0.3 is 0 Å². The van der Waals surface area contributed by atoms with Crippen LogP contribution in [0.25, 0.3) is 0 Å². The molecule has 0 radical (unpaired) electrons. The highest BCUT2D eigenvalue weighted by Gasteiger charge is 2.45. The van der Waals surface area contributed by atoms with Crippen LogP contribution >= 0.6 is 11.8 Å². The summed E-state index contributed by atoms with van der Waals surface area (Å²) < 4.78 is 27.9. The van der Waals surface area contributed by atoms with Crippen LogP contribution in [0.4, 0.5) is 8.78 Å². The van der Waals surface area contributed by atoms with Gasteiger partial charge in [0.05, 0.1) is 5.54 Å². The van der Waals surface area contributed by atoms with E-state index in [4.69, 9.17) is 5.73 Å². The van der Waals surface area contributed by atoms with Crippen molar-refractivity contribution < 1.29 is 8.78 Å². The monoisotopic (exact) mass is 259 g/mol. The molecule has 0 unspecified atom stereocenters. The van der Waals surface area contributed by atoms with E-state index in [0.29, 0.717) is 5.25 Å². The first-order chi connectivity index (χ1) is 7.64. The molecule has 0 saturated heterocycles. The SMILES string of the molecule is CC(C)Sc1ccc(C(F)(F)C(C)(C)N)cc1. The molecule has 0 heterocycles. The summed E-state index contributed by atoms with van der Waals surface area (Å²) in [6, 6.07) is 6.36. The van der Waals surface area contributed by atoms with Crippen molar-refractivity contribution in [2.24, 2.45) is 5.73 Å². The second-order valence-electron chi connectivity index (χ2n) is 4.99. The van der Waals surface area contributed by atoms with E-state index in [1.165, 1.54) is 26.0 Å². The first kappa shape index (κ1) is 14.5. The van der Waals surface area contributed by atoms with Gasteiger partial charge in [-0.05, 0) is 26.0 Å². The standard InChI is InChI=1S/C13H19F2NS/c1-9(2)17-11-7-5-10(6-8-11)13(14,15)12(3,4)16/h5-9H,16H2,1-4H3. The molecule has 1 aromatic carbocycles. The lowest BCUT2D eigenvalue weighted by molar-refractivity contribution is -0.0673. The van der Waals surface area contributed by atoms with E-state index in [2.05, 4.69) is 13.8 Å². The maximum Gasteiger partial charge on any atom is 0.290 e. The molecule has 1 rings (SSSR count). The van der Waals surface area contributed by atoms with E-state index < -0.39 is 11.5 Å². The Morgan fingerprint density at radius 3 is 1.94 bits per heavy atom.